The van der Waals surface area contributed by atoms with E-state index in [0.29, 0.717) is 16.3 Å². The van der Waals surface area contributed by atoms with E-state index < -0.39 is 0 Å². The predicted molar refractivity (Wildman–Crippen MR) is 73.4 cm³/mol. The summed E-state index contributed by atoms with van der Waals surface area (Å²) in [4.78, 5) is 12.0. The fourth-order valence-electron chi connectivity index (χ4n) is 2.11. The Hall–Kier alpha value is -2.20. The molecule has 0 aromatic heterocycles. The minimum absolute atomic E-state index is 0.158. The third kappa shape index (κ3) is 2.22. The van der Waals surface area contributed by atoms with Gasteiger partial charge in [0.25, 0.3) is 5.91 Å². The van der Waals surface area contributed by atoms with Crippen molar-refractivity contribution in [2.75, 3.05) is 5.32 Å². The lowest BCUT2D eigenvalue weighted by Crippen LogP contribution is -2.38. The van der Waals surface area contributed by atoms with Crippen molar-refractivity contribution in [3.05, 3.63) is 58.6 Å². The molecular weight excluding hydrogens is 264 g/mol. The molecule has 3 rings (SSSR count). The van der Waals surface area contributed by atoms with Gasteiger partial charge < -0.3 is 15.7 Å². The first kappa shape index (κ1) is 11.9. The zero-order chi connectivity index (χ0) is 13.4. The fourth-order valence-corrected chi connectivity index (χ4v) is 2.28. The summed E-state index contributed by atoms with van der Waals surface area (Å²) in [5.41, 5.74) is 2.02. The van der Waals surface area contributed by atoms with Gasteiger partial charge in [-0.25, -0.2) is 0 Å². The number of phenolic OH excluding ortho intramolecular Hbond substituents is 1. The van der Waals surface area contributed by atoms with Crippen LogP contribution in [0.15, 0.2) is 42.5 Å². The number of carbonyl (C=O) groups excluding carboxylic acids is 1. The standard InChI is InChI=1S/C14H11ClN2O2/c15-9-4-5-11-12(7-9)16-13(17-14(11)19)8-2-1-3-10(18)6-8/h1-7,13,16,18H,(H,17,19). The summed E-state index contributed by atoms with van der Waals surface area (Å²) >= 11 is 5.93. The number of benzene rings is 2. The molecule has 1 aliphatic rings. The highest BCUT2D eigenvalue weighted by atomic mass is 35.5. The molecule has 2 aromatic carbocycles. The van der Waals surface area contributed by atoms with Crippen LogP contribution in [0.25, 0.3) is 0 Å². The van der Waals surface area contributed by atoms with Crippen LogP contribution in [0.3, 0.4) is 0 Å². The molecule has 5 heteroatoms. The smallest absolute Gasteiger partial charge is 0.255 e. The Morgan fingerprint density at radius 3 is 2.74 bits per heavy atom. The van der Waals surface area contributed by atoms with Crippen molar-refractivity contribution in [2.24, 2.45) is 0 Å². The van der Waals surface area contributed by atoms with E-state index in [2.05, 4.69) is 10.6 Å². The van der Waals surface area contributed by atoms with Gasteiger partial charge in [0.15, 0.2) is 0 Å². The Balaban J connectivity index is 1.98. The van der Waals surface area contributed by atoms with Crippen LogP contribution < -0.4 is 10.6 Å². The van der Waals surface area contributed by atoms with Crippen molar-refractivity contribution in [2.45, 2.75) is 6.17 Å². The SMILES string of the molecule is O=C1NC(c2cccc(O)c2)Nc2cc(Cl)ccc21. The highest BCUT2D eigenvalue weighted by Gasteiger charge is 2.24. The van der Waals surface area contributed by atoms with Crippen LogP contribution >= 0.6 is 11.6 Å². The number of fused-ring (bicyclic) bond motifs is 1. The molecule has 1 aliphatic heterocycles. The molecule has 0 radical (unpaired) electrons. The zero-order valence-electron chi connectivity index (χ0n) is 9.85. The zero-order valence-corrected chi connectivity index (χ0v) is 10.6. The Kier molecular flexibility index (Phi) is 2.80. The number of rotatable bonds is 1. The van der Waals surface area contributed by atoms with Gasteiger partial charge in [-0.2, -0.15) is 0 Å². The highest BCUT2D eigenvalue weighted by molar-refractivity contribution is 6.31. The molecular formula is C14H11ClN2O2. The predicted octanol–water partition coefficient (Wildman–Crippen LogP) is 2.90. The number of anilines is 1. The normalized spacial score (nSPS) is 17.3. The highest BCUT2D eigenvalue weighted by Crippen LogP contribution is 2.29. The van der Waals surface area contributed by atoms with Gasteiger partial charge in [0, 0.05) is 5.02 Å². The molecule has 0 saturated carbocycles. The van der Waals surface area contributed by atoms with Crippen LogP contribution in [0.4, 0.5) is 5.69 Å². The fraction of sp³-hybridized carbons (Fsp3) is 0.0714. The molecule has 3 N–H and O–H groups in total. The molecule has 1 amide bonds. The summed E-state index contributed by atoms with van der Waals surface area (Å²) in [6.07, 6.45) is -0.384. The first-order chi connectivity index (χ1) is 9.13. The number of amides is 1. The third-order valence-corrected chi connectivity index (χ3v) is 3.24. The number of hydrogen-bond donors (Lipinski definition) is 3. The van der Waals surface area contributed by atoms with Gasteiger partial charge in [-0.1, -0.05) is 23.7 Å². The maximum atomic E-state index is 12.0. The second kappa shape index (κ2) is 4.48. The van der Waals surface area contributed by atoms with Crippen LogP contribution in [-0.4, -0.2) is 11.0 Å². The first-order valence-corrected chi connectivity index (χ1v) is 6.17. The van der Waals surface area contributed by atoms with Crippen LogP contribution in [-0.2, 0) is 0 Å². The van der Waals surface area contributed by atoms with Crippen LogP contribution in [0.2, 0.25) is 5.02 Å². The third-order valence-electron chi connectivity index (χ3n) is 3.01. The number of halogens is 1. The van der Waals surface area contributed by atoms with E-state index in [1.54, 1.807) is 36.4 Å². The van der Waals surface area contributed by atoms with E-state index in [1.807, 2.05) is 6.07 Å². The summed E-state index contributed by atoms with van der Waals surface area (Å²) in [7, 11) is 0. The first-order valence-electron chi connectivity index (χ1n) is 5.79. The largest absolute Gasteiger partial charge is 0.508 e. The van der Waals surface area contributed by atoms with Gasteiger partial charge in [0.2, 0.25) is 0 Å². The van der Waals surface area contributed by atoms with Crippen molar-refractivity contribution in [3.63, 3.8) is 0 Å². The molecule has 0 saturated heterocycles. The topological polar surface area (TPSA) is 61.4 Å². The van der Waals surface area contributed by atoms with E-state index in [-0.39, 0.29) is 17.8 Å². The van der Waals surface area contributed by atoms with Crippen LogP contribution in [0, 0.1) is 0 Å². The summed E-state index contributed by atoms with van der Waals surface area (Å²) in [5.74, 6) is -0.0100. The van der Waals surface area contributed by atoms with Crippen LogP contribution in [0.5, 0.6) is 5.75 Å². The number of carbonyl (C=O) groups is 1. The number of nitrogens with one attached hydrogen (secondary N) is 2. The maximum Gasteiger partial charge on any atom is 0.255 e. The van der Waals surface area contributed by atoms with Gasteiger partial charge in [0.05, 0.1) is 11.3 Å². The molecule has 96 valence electrons. The molecule has 4 nitrogen and oxygen atoms in total. The molecule has 0 spiro atoms. The molecule has 1 unspecified atom stereocenters. The molecule has 1 atom stereocenters. The lowest BCUT2D eigenvalue weighted by molar-refractivity contribution is 0.0935. The van der Waals surface area contributed by atoms with Gasteiger partial charge >= 0.3 is 0 Å². The molecule has 19 heavy (non-hydrogen) atoms. The van der Waals surface area contributed by atoms with E-state index in [4.69, 9.17) is 11.6 Å². The Morgan fingerprint density at radius 1 is 1.11 bits per heavy atom. The average Bonchev–Trinajstić information content (AvgIpc) is 2.38. The Bertz CT molecular complexity index is 658. The van der Waals surface area contributed by atoms with Crippen LogP contribution in [0.1, 0.15) is 22.1 Å². The average molecular weight is 275 g/mol. The van der Waals surface area contributed by atoms with Crippen molar-refractivity contribution >= 4 is 23.2 Å². The molecule has 0 bridgehead atoms. The van der Waals surface area contributed by atoms with Crippen molar-refractivity contribution in [3.8, 4) is 5.75 Å². The van der Waals surface area contributed by atoms with Crippen molar-refractivity contribution in [1.82, 2.24) is 5.32 Å². The minimum atomic E-state index is -0.384. The summed E-state index contributed by atoms with van der Waals surface area (Å²) in [5, 5.41) is 16.1. The summed E-state index contributed by atoms with van der Waals surface area (Å²) < 4.78 is 0. The minimum Gasteiger partial charge on any atom is -0.508 e. The monoisotopic (exact) mass is 274 g/mol. The van der Waals surface area contributed by atoms with Gasteiger partial charge in [-0.05, 0) is 35.9 Å². The second-order valence-corrected chi connectivity index (χ2v) is 4.77. The maximum absolute atomic E-state index is 12.0. The van der Waals surface area contributed by atoms with E-state index in [1.165, 1.54) is 0 Å². The van der Waals surface area contributed by atoms with Gasteiger partial charge in [0.1, 0.15) is 11.9 Å². The van der Waals surface area contributed by atoms with Crippen molar-refractivity contribution in [1.29, 1.82) is 0 Å². The van der Waals surface area contributed by atoms with Gasteiger partial charge in [-0.3, -0.25) is 4.79 Å². The summed E-state index contributed by atoms with van der Waals surface area (Å²) in [6.45, 7) is 0. The number of hydrogen-bond acceptors (Lipinski definition) is 3. The quantitative estimate of drug-likeness (QED) is 0.749. The Labute approximate surface area is 115 Å². The summed E-state index contributed by atoms with van der Waals surface area (Å²) in [6, 6.07) is 11.8. The van der Waals surface area contributed by atoms with E-state index in [0.717, 1.165) is 5.56 Å². The Morgan fingerprint density at radius 2 is 1.95 bits per heavy atom. The number of aromatic hydroxyl groups is 1. The molecule has 2 aromatic rings. The molecule has 0 aliphatic carbocycles. The molecule has 1 heterocycles. The molecule has 0 fully saturated rings. The number of phenols is 1. The van der Waals surface area contributed by atoms with Gasteiger partial charge in [-0.15, -0.1) is 0 Å². The van der Waals surface area contributed by atoms with E-state index >= 15 is 0 Å². The lowest BCUT2D eigenvalue weighted by Gasteiger charge is -2.28. The van der Waals surface area contributed by atoms with Crippen molar-refractivity contribution < 1.29 is 9.90 Å². The van der Waals surface area contributed by atoms with E-state index in [9.17, 15) is 9.90 Å². The second-order valence-electron chi connectivity index (χ2n) is 4.34. The lowest BCUT2D eigenvalue weighted by atomic mass is 10.1.